The van der Waals surface area contributed by atoms with Crippen molar-refractivity contribution in [3.05, 3.63) is 38.0 Å². The number of hydrogen-bond acceptors (Lipinski definition) is 3. The second-order valence-electron chi connectivity index (χ2n) is 2.50. The summed E-state index contributed by atoms with van der Waals surface area (Å²) in [5.74, 6) is 0.820. The Kier molecular flexibility index (Phi) is 7.29. The van der Waals surface area contributed by atoms with E-state index in [4.69, 9.17) is 20.6 Å². The minimum Gasteiger partial charge on any atom is -0.313 e. The van der Waals surface area contributed by atoms with Gasteiger partial charge in [-0.1, -0.05) is 18.2 Å². The molecule has 82 valence electrons. The highest BCUT2D eigenvalue weighted by Gasteiger charge is 2.30. The molecule has 0 fully saturated rings. The third-order valence-electron chi connectivity index (χ3n) is 1.35. The molecule has 0 rings (SSSR count). The molecule has 0 heterocycles. The van der Waals surface area contributed by atoms with Gasteiger partial charge in [0.1, 0.15) is 0 Å². The molecular formula is C12H16O3. The molecule has 0 aliphatic carbocycles. The van der Waals surface area contributed by atoms with E-state index in [0.717, 1.165) is 0 Å². The fourth-order valence-electron chi connectivity index (χ4n) is 0.756. The van der Waals surface area contributed by atoms with Crippen LogP contribution in [0.3, 0.4) is 0 Å². The molecule has 0 N–H and O–H groups in total. The average Bonchev–Trinajstić information content (AvgIpc) is 2.29. The lowest BCUT2D eigenvalue weighted by atomic mass is 10.5. The second kappa shape index (κ2) is 8.01. The summed E-state index contributed by atoms with van der Waals surface area (Å²) < 4.78 is 15.7. The second-order valence-corrected chi connectivity index (χ2v) is 2.50. The predicted octanol–water partition coefficient (Wildman–Crippen LogP) is 1.88. The molecule has 0 bridgehead atoms. The number of terminal acetylenes is 1. The molecule has 0 aliphatic rings. The van der Waals surface area contributed by atoms with Crippen LogP contribution in [0, 0.1) is 12.3 Å². The maximum absolute atomic E-state index is 5.30. The first-order valence-electron chi connectivity index (χ1n) is 4.47. The van der Waals surface area contributed by atoms with Crippen LogP contribution in [-0.4, -0.2) is 25.8 Å². The van der Waals surface area contributed by atoms with Crippen molar-refractivity contribution >= 4 is 0 Å². The van der Waals surface area contributed by atoms with Crippen LogP contribution >= 0.6 is 0 Å². The van der Waals surface area contributed by atoms with Crippen molar-refractivity contribution in [2.24, 2.45) is 0 Å². The molecule has 0 aliphatic heterocycles. The van der Waals surface area contributed by atoms with Gasteiger partial charge in [-0.3, -0.25) is 0 Å². The molecule has 0 radical (unpaired) electrons. The van der Waals surface area contributed by atoms with Gasteiger partial charge in [0, 0.05) is 0 Å². The molecule has 0 spiro atoms. The number of hydrogen-bond donors (Lipinski definition) is 0. The van der Waals surface area contributed by atoms with Crippen molar-refractivity contribution in [3.63, 3.8) is 0 Å². The van der Waals surface area contributed by atoms with Crippen LogP contribution in [0.5, 0.6) is 0 Å². The lowest BCUT2D eigenvalue weighted by molar-refractivity contribution is -0.332. The Morgan fingerprint density at radius 1 is 0.933 bits per heavy atom. The summed E-state index contributed by atoms with van der Waals surface area (Å²) in [7, 11) is 0. The maximum Gasteiger partial charge on any atom is 0.353 e. The van der Waals surface area contributed by atoms with Crippen LogP contribution in [0.1, 0.15) is 0 Å². The lowest BCUT2D eigenvalue weighted by Crippen LogP contribution is -2.38. The van der Waals surface area contributed by atoms with Crippen LogP contribution in [0.4, 0.5) is 0 Å². The van der Waals surface area contributed by atoms with Crippen LogP contribution in [-0.2, 0) is 14.2 Å². The van der Waals surface area contributed by atoms with Crippen LogP contribution in [0.25, 0.3) is 0 Å². The van der Waals surface area contributed by atoms with E-state index < -0.39 is 5.97 Å². The molecule has 0 atom stereocenters. The highest BCUT2D eigenvalue weighted by Crippen LogP contribution is 2.14. The topological polar surface area (TPSA) is 27.7 Å². The van der Waals surface area contributed by atoms with Gasteiger partial charge in [-0.25, -0.2) is 0 Å². The SMILES string of the molecule is C#CC(OCC=C)(OCC=C)OCC=C. The average molecular weight is 208 g/mol. The Hall–Kier alpha value is -1.34. The van der Waals surface area contributed by atoms with Crippen molar-refractivity contribution < 1.29 is 14.2 Å². The van der Waals surface area contributed by atoms with E-state index in [1.54, 1.807) is 18.2 Å². The van der Waals surface area contributed by atoms with Crippen molar-refractivity contribution in [2.45, 2.75) is 5.97 Å². The van der Waals surface area contributed by atoms with E-state index in [0.29, 0.717) is 0 Å². The largest absolute Gasteiger partial charge is 0.353 e. The molecule has 0 aromatic rings. The van der Waals surface area contributed by atoms with Gasteiger partial charge in [-0.15, -0.1) is 26.2 Å². The smallest absolute Gasteiger partial charge is 0.313 e. The molecule has 15 heavy (non-hydrogen) atoms. The molecule has 3 nitrogen and oxygen atoms in total. The zero-order chi connectivity index (χ0) is 11.6. The quantitative estimate of drug-likeness (QED) is 0.329. The lowest BCUT2D eigenvalue weighted by Gasteiger charge is -2.26. The minimum atomic E-state index is -1.49. The van der Waals surface area contributed by atoms with Gasteiger partial charge in [0.15, 0.2) is 0 Å². The first kappa shape index (κ1) is 13.7. The van der Waals surface area contributed by atoms with Crippen LogP contribution < -0.4 is 0 Å². The molecule has 0 saturated carbocycles. The molecule has 0 amide bonds. The monoisotopic (exact) mass is 208 g/mol. The molecular weight excluding hydrogens is 192 g/mol. The normalized spacial score (nSPS) is 10.3. The summed E-state index contributed by atoms with van der Waals surface area (Å²) in [5.41, 5.74) is 0. The van der Waals surface area contributed by atoms with E-state index in [1.165, 1.54) is 0 Å². The van der Waals surface area contributed by atoms with E-state index in [9.17, 15) is 0 Å². The third kappa shape index (κ3) is 5.18. The van der Waals surface area contributed by atoms with Crippen LogP contribution in [0.15, 0.2) is 38.0 Å². The molecule has 0 unspecified atom stereocenters. The predicted molar refractivity (Wildman–Crippen MR) is 60.0 cm³/mol. The summed E-state index contributed by atoms with van der Waals surface area (Å²) in [6, 6.07) is 0. The van der Waals surface area contributed by atoms with E-state index in [2.05, 4.69) is 25.7 Å². The Morgan fingerprint density at radius 2 is 1.27 bits per heavy atom. The van der Waals surface area contributed by atoms with Gasteiger partial charge < -0.3 is 14.2 Å². The van der Waals surface area contributed by atoms with Crippen molar-refractivity contribution in [1.29, 1.82) is 0 Å². The number of rotatable bonds is 9. The molecule has 0 saturated heterocycles. The highest BCUT2D eigenvalue weighted by atomic mass is 16.9. The van der Waals surface area contributed by atoms with E-state index >= 15 is 0 Å². The van der Waals surface area contributed by atoms with E-state index in [1.807, 2.05) is 0 Å². The van der Waals surface area contributed by atoms with Crippen molar-refractivity contribution in [1.82, 2.24) is 0 Å². The fourth-order valence-corrected chi connectivity index (χ4v) is 0.756. The van der Waals surface area contributed by atoms with Gasteiger partial charge >= 0.3 is 5.97 Å². The third-order valence-corrected chi connectivity index (χ3v) is 1.35. The van der Waals surface area contributed by atoms with Gasteiger partial charge in [-0.05, 0) is 5.92 Å². The zero-order valence-corrected chi connectivity index (χ0v) is 8.78. The van der Waals surface area contributed by atoms with Gasteiger partial charge in [0.25, 0.3) is 0 Å². The Morgan fingerprint density at radius 3 is 1.47 bits per heavy atom. The first-order chi connectivity index (χ1) is 7.24. The Bertz CT molecular complexity index is 219. The summed E-state index contributed by atoms with van der Waals surface area (Å²) in [5, 5.41) is 0. The summed E-state index contributed by atoms with van der Waals surface area (Å²) in [6.45, 7) is 11.2. The summed E-state index contributed by atoms with van der Waals surface area (Å²) in [4.78, 5) is 0. The Balaban J connectivity index is 4.43. The van der Waals surface area contributed by atoms with Crippen molar-refractivity contribution in [3.8, 4) is 12.3 Å². The highest BCUT2D eigenvalue weighted by molar-refractivity contribution is 4.98. The zero-order valence-electron chi connectivity index (χ0n) is 8.78. The minimum absolute atomic E-state index is 0.235. The van der Waals surface area contributed by atoms with Crippen LogP contribution in [0.2, 0.25) is 0 Å². The first-order valence-corrected chi connectivity index (χ1v) is 4.47. The molecule has 3 heteroatoms. The summed E-state index contributed by atoms with van der Waals surface area (Å²) >= 11 is 0. The molecule has 0 aromatic carbocycles. The maximum atomic E-state index is 5.30. The van der Waals surface area contributed by atoms with Crippen molar-refractivity contribution in [2.75, 3.05) is 19.8 Å². The Labute approximate surface area is 91.0 Å². The fraction of sp³-hybridized carbons (Fsp3) is 0.333. The number of ether oxygens (including phenoxy) is 3. The summed E-state index contributed by atoms with van der Waals surface area (Å²) in [6.07, 6.45) is 9.97. The molecule has 0 aromatic heterocycles. The van der Waals surface area contributed by atoms with E-state index in [-0.39, 0.29) is 19.8 Å². The standard InChI is InChI=1S/C12H16O3/c1-5-9-13-12(8-4,14-10-6-2)15-11-7-3/h4-7H,1-3,9-11H2. The van der Waals surface area contributed by atoms with Gasteiger partial charge in [0.05, 0.1) is 19.8 Å². The van der Waals surface area contributed by atoms with Gasteiger partial charge in [-0.2, -0.15) is 0 Å². The van der Waals surface area contributed by atoms with Gasteiger partial charge in [0.2, 0.25) is 0 Å².